The standard InChI is InChI=1S/C31H25N3O3S/c1-36-27-14-8-6-12-24(27)29-30(25-13-7-9-15-28(25)37-2)33-34-31(32-29)38-20-26(35)23-18-16-22(17-19-23)21-10-4-3-5-11-21/h3-19H,20H2,1-2H3. The van der Waals surface area contributed by atoms with Gasteiger partial charge in [-0.25, -0.2) is 4.98 Å². The molecule has 0 bridgehead atoms. The first-order valence-corrected chi connectivity index (χ1v) is 13.0. The van der Waals surface area contributed by atoms with Crippen molar-refractivity contribution in [2.75, 3.05) is 20.0 Å². The maximum Gasteiger partial charge on any atom is 0.210 e. The summed E-state index contributed by atoms with van der Waals surface area (Å²) in [5.41, 5.74) is 5.52. The smallest absolute Gasteiger partial charge is 0.210 e. The highest BCUT2D eigenvalue weighted by Crippen LogP contribution is 2.38. The second kappa shape index (κ2) is 11.7. The normalized spacial score (nSPS) is 10.7. The zero-order valence-electron chi connectivity index (χ0n) is 21.0. The number of ketones is 1. The highest BCUT2D eigenvalue weighted by molar-refractivity contribution is 7.99. The summed E-state index contributed by atoms with van der Waals surface area (Å²) in [6.45, 7) is 0. The molecule has 0 atom stereocenters. The Morgan fingerprint density at radius 1 is 0.658 bits per heavy atom. The van der Waals surface area contributed by atoms with Gasteiger partial charge in [0.2, 0.25) is 5.16 Å². The van der Waals surface area contributed by atoms with Gasteiger partial charge in [-0.2, -0.15) is 0 Å². The van der Waals surface area contributed by atoms with Gasteiger partial charge in [0.1, 0.15) is 22.9 Å². The molecule has 0 unspecified atom stereocenters. The predicted octanol–water partition coefficient (Wildman–Crippen LogP) is 6.86. The van der Waals surface area contributed by atoms with Crippen LogP contribution in [0.4, 0.5) is 0 Å². The molecule has 0 aliphatic rings. The van der Waals surface area contributed by atoms with E-state index in [1.807, 2.05) is 103 Å². The van der Waals surface area contributed by atoms with Gasteiger partial charge in [0.25, 0.3) is 0 Å². The molecule has 0 spiro atoms. The SMILES string of the molecule is COc1ccccc1-c1nnc(SCC(=O)c2ccc(-c3ccccc3)cc2)nc1-c1ccccc1OC. The first kappa shape index (κ1) is 25.2. The van der Waals surface area contributed by atoms with E-state index >= 15 is 0 Å². The van der Waals surface area contributed by atoms with Crippen molar-refractivity contribution in [2.24, 2.45) is 0 Å². The third-order valence-electron chi connectivity index (χ3n) is 6.04. The highest BCUT2D eigenvalue weighted by atomic mass is 32.2. The average molecular weight is 520 g/mol. The summed E-state index contributed by atoms with van der Waals surface area (Å²) in [7, 11) is 3.23. The Kier molecular flexibility index (Phi) is 7.75. The second-order valence-corrected chi connectivity index (χ2v) is 9.29. The lowest BCUT2D eigenvalue weighted by Crippen LogP contribution is -2.05. The van der Waals surface area contributed by atoms with Crippen molar-refractivity contribution in [3.8, 4) is 45.1 Å². The number of nitrogens with zero attached hydrogens (tertiary/aromatic N) is 3. The fourth-order valence-corrected chi connectivity index (χ4v) is 4.80. The Bertz CT molecular complexity index is 1560. The Balaban J connectivity index is 1.42. The van der Waals surface area contributed by atoms with Crippen LogP contribution in [-0.4, -0.2) is 40.9 Å². The predicted molar refractivity (Wildman–Crippen MR) is 151 cm³/mol. The molecular formula is C31H25N3O3S. The summed E-state index contributed by atoms with van der Waals surface area (Å²) in [5, 5.41) is 9.27. The van der Waals surface area contributed by atoms with Gasteiger partial charge in [-0.1, -0.05) is 90.6 Å². The van der Waals surface area contributed by atoms with Crippen molar-refractivity contribution in [2.45, 2.75) is 5.16 Å². The second-order valence-electron chi connectivity index (χ2n) is 8.35. The number of hydrogen-bond acceptors (Lipinski definition) is 7. The Labute approximate surface area is 225 Å². The number of rotatable bonds is 9. The molecule has 1 aromatic heterocycles. The third kappa shape index (κ3) is 5.43. The number of benzene rings is 4. The van der Waals surface area contributed by atoms with E-state index in [0.717, 1.165) is 22.3 Å². The van der Waals surface area contributed by atoms with Gasteiger partial charge in [-0.3, -0.25) is 4.79 Å². The maximum atomic E-state index is 13.0. The van der Waals surface area contributed by atoms with Crippen molar-refractivity contribution in [3.63, 3.8) is 0 Å². The van der Waals surface area contributed by atoms with Gasteiger partial charge < -0.3 is 9.47 Å². The van der Waals surface area contributed by atoms with Crippen molar-refractivity contribution in [3.05, 3.63) is 109 Å². The molecule has 1 heterocycles. The summed E-state index contributed by atoms with van der Waals surface area (Å²) in [4.78, 5) is 17.8. The number of thioether (sulfide) groups is 1. The minimum Gasteiger partial charge on any atom is -0.496 e. The number of ether oxygens (including phenoxy) is 2. The molecule has 0 aliphatic heterocycles. The average Bonchev–Trinajstić information content (AvgIpc) is 3.00. The molecule has 0 saturated heterocycles. The molecule has 0 N–H and O–H groups in total. The van der Waals surface area contributed by atoms with Crippen molar-refractivity contribution >= 4 is 17.5 Å². The van der Waals surface area contributed by atoms with Crippen LogP contribution in [-0.2, 0) is 0 Å². The lowest BCUT2D eigenvalue weighted by atomic mass is 10.0. The van der Waals surface area contributed by atoms with Crippen LogP contribution in [0.1, 0.15) is 10.4 Å². The molecule has 4 aromatic carbocycles. The van der Waals surface area contributed by atoms with Gasteiger partial charge >= 0.3 is 0 Å². The summed E-state index contributed by atoms with van der Waals surface area (Å²) in [6.07, 6.45) is 0. The van der Waals surface area contributed by atoms with Crippen molar-refractivity contribution in [1.82, 2.24) is 15.2 Å². The van der Waals surface area contributed by atoms with E-state index in [1.165, 1.54) is 11.8 Å². The first-order chi connectivity index (χ1) is 18.7. The highest BCUT2D eigenvalue weighted by Gasteiger charge is 2.20. The zero-order chi connectivity index (χ0) is 26.3. The molecule has 0 aliphatic carbocycles. The quantitative estimate of drug-likeness (QED) is 0.155. The van der Waals surface area contributed by atoms with E-state index in [1.54, 1.807) is 14.2 Å². The van der Waals surface area contributed by atoms with Crippen LogP contribution in [0.25, 0.3) is 33.6 Å². The Hall–Kier alpha value is -4.49. The summed E-state index contributed by atoms with van der Waals surface area (Å²) >= 11 is 1.25. The van der Waals surface area contributed by atoms with Gasteiger partial charge in [0.15, 0.2) is 5.78 Å². The number of hydrogen-bond donors (Lipinski definition) is 0. The van der Waals surface area contributed by atoms with Crippen LogP contribution in [0.15, 0.2) is 108 Å². The molecule has 0 amide bonds. The summed E-state index contributed by atoms with van der Waals surface area (Å²) < 4.78 is 11.2. The van der Waals surface area contributed by atoms with Gasteiger partial charge in [0, 0.05) is 16.7 Å². The number of methoxy groups -OCH3 is 2. The topological polar surface area (TPSA) is 74.2 Å². The van der Waals surface area contributed by atoms with Crippen LogP contribution >= 0.6 is 11.8 Å². The zero-order valence-corrected chi connectivity index (χ0v) is 21.8. The summed E-state index contributed by atoms with van der Waals surface area (Å²) in [5.74, 6) is 1.50. The van der Waals surface area contributed by atoms with Crippen LogP contribution in [0, 0.1) is 0 Å². The lowest BCUT2D eigenvalue weighted by molar-refractivity contribution is 0.102. The van der Waals surface area contributed by atoms with Crippen molar-refractivity contribution in [1.29, 1.82) is 0 Å². The fourth-order valence-electron chi connectivity index (χ4n) is 4.11. The monoisotopic (exact) mass is 519 g/mol. The van der Waals surface area contributed by atoms with E-state index in [-0.39, 0.29) is 11.5 Å². The minimum atomic E-state index is -0.00846. The molecule has 5 rings (SSSR count). The van der Waals surface area contributed by atoms with Gasteiger partial charge in [0.05, 0.1) is 20.0 Å². The molecule has 7 heteroatoms. The van der Waals surface area contributed by atoms with E-state index in [2.05, 4.69) is 10.2 Å². The molecule has 0 radical (unpaired) electrons. The maximum absolute atomic E-state index is 13.0. The molecule has 0 saturated carbocycles. The number of carbonyl (C=O) groups is 1. The fraction of sp³-hybridized carbons (Fsp3) is 0.0968. The third-order valence-corrected chi connectivity index (χ3v) is 6.88. The van der Waals surface area contributed by atoms with E-state index in [4.69, 9.17) is 14.5 Å². The summed E-state index contributed by atoms with van der Waals surface area (Å²) in [6, 6.07) is 32.9. The van der Waals surface area contributed by atoms with Gasteiger partial charge in [-0.15, -0.1) is 10.2 Å². The van der Waals surface area contributed by atoms with Crippen LogP contribution < -0.4 is 9.47 Å². The van der Waals surface area contributed by atoms with Crippen LogP contribution in [0.5, 0.6) is 11.5 Å². The molecule has 188 valence electrons. The van der Waals surface area contributed by atoms with Crippen LogP contribution in [0.3, 0.4) is 0 Å². The van der Waals surface area contributed by atoms with E-state index in [9.17, 15) is 4.79 Å². The number of Topliss-reactive ketones (excluding diaryl/α,β-unsaturated/α-hetero) is 1. The molecule has 5 aromatic rings. The largest absolute Gasteiger partial charge is 0.496 e. The Morgan fingerprint density at radius 3 is 1.84 bits per heavy atom. The molecule has 38 heavy (non-hydrogen) atoms. The minimum absolute atomic E-state index is 0.00846. The molecular weight excluding hydrogens is 494 g/mol. The Morgan fingerprint density at radius 2 is 1.21 bits per heavy atom. The molecule has 0 fully saturated rings. The van der Waals surface area contributed by atoms with Crippen molar-refractivity contribution < 1.29 is 14.3 Å². The van der Waals surface area contributed by atoms with E-state index in [0.29, 0.717) is 33.6 Å². The number of carbonyl (C=O) groups excluding carboxylic acids is 1. The number of aromatic nitrogens is 3. The molecule has 6 nitrogen and oxygen atoms in total. The van der Waals surface area contributed by atoms with Gasteiger partial charge in [-0.05, 0) is 35.4 Å². The lowest BCUT2D eigenvalue weighted by Gasteiger charge is -2.14. The number of para-hydroxylation sites is 2. The first-order valence-electron chi connectivity index (χ1n) is 12.0. The van der Waals surface area contributed by atoms with Crippen LogP contribution in [0.2, 0.25) is 0 Å². The van der Waals surface area contributed by atoms with E-state index < -0.39 is 0 Å².